The summed E-state index contributed by atoms with van der Waals surface area (Å²) in [6.45, 7) is 0. The maximum atomic E-state index is 12.2. The van der Waals surface area contributed by atoms with Gasteiger partial charge in [0, 0.05) is 15.1 Å². The van der Waals surface area contributed by atoms with Crippen molar-refractivity contribution in [1.82, 2.24) is 20.2 Å². The molecule has 1 N–H and O–H groups in total. The van der Waals surface area contributed by atoms with Crippen LogP contribution in [0.15, 0.2) is 18.2 Å². The fourth-order valence-electron chi connectivity index (χ4n) is 1.68. The number of carbonyl (C=O) groups excluding carboxylic acids is 1. The molecule has 0 spiro atoms. The van der Waals surface area contributed by atoms with Gasteiger partial charge in [0.1, 0.15) is 4.88 Å². The van der Waals surface area contributed by atoms with Gasteiger partial charge >= 0.3 is 0 Å². The Morgan fingerprint density at radius 2 is 2.20 bits per heavy atom. The van der Waals surface area contributed by atoms with Crippen LogP contribution in [0, 0.1) is 0 Å². The van der Waals surface area contributed by atoms with Crippen molar-refractivity contribution in [2.24, 2.45) is 7.05 Å². The van der Waals surface area contributed by atoms with E-state index in [1.54, 1.807) is 25.2 Å². The van der Waals surface area contributed by atoms with E-state index < -0.39 is 0 Å². The number of nitrogens with zero attached hydrogens (tertiary/aromatic N) is 4. The SMILES string of the molecule is Cn1nnc(NC(=O)c2sc3cc(Cl)ccc3c2Cl)n1. The fraction of sp³-hybridized carbons (Fsp3) is 0.0909. The van der Waals surface area contributed by atoms with Gasteiger partial charge in [0.2, 0.25) is 0 Å². The maximum absolute atomic E-state index is 12.2. The molecular formula is C11H7Cl2N5OS. The molecule has 20 heavy (non-hydrogen) atoms. The number of hydrogen-bond donors (Lipinski definition) is 1. The molecule has 0 saturated heterocycles. The lowest BCUT2D eigenvalue weighted by Crippen LogP contribution is -2.12. The van der Waals surface area contributed by atoms with Gasteiger partial charge in [0.25, 0.3) is 11.9 Å². The van der Waals surface area contributed by atoms with Gasteiger partial charge in [-0.15, -0.1) is 16.4 Å². The number of aromatic nitrogens is 4. The maximum Gasteiger partial charge on any atom is 0.270 e. The van der Waals surface area contributed by atoms with E-state index in [1.165, 1.54) is 16.1 Å². The third kappa shape index (κ3) is 2.35. The van der Waals surface area contributed by atoms with Crippen LogP contribution in [0.1, 0.15) is 9.67 Å². The Labute approximate surface area is 127 Å². The Morgan fingerprint density at radius 1 is 1.40 bits per heavy atom. The lowest BCUT2D eigenvalue weighted by molar-refractivity contribution is 0.103. The first kappa shape index (κ1) is 13.3. The minimum absolute atomic E-state index is 0.129. The van der Waals surface area contributed by atoms with Crippen LogP contribution in [0.2, 0.25) is 10.0 Å². The number of hydrogen-bond acceptors (Lipinski definition) is 5. The highest BCUT2D eigenvalue weighted by atomic mass is 35.5. The highest BCUT2D eigenvalue weighted by Crippen LogP contribution is 2.36. The van der Waals surface area contributed by atoms with Gasteiger partial charge in [-0.2, -0.15) is 4.80 Å². The molecule has 2 heterocycles. The summed E-state index contributed by atoms with van der Waals surface area (Å²) in [5.41, 5.74) is 0. The molecule has 0 aliphatic carbocycles. The summed E-state index contributed by atoms with van der Waals surface area (Å²) in [5.74, 6) is -0.246. The number of thiophene rings is 1. The molecule has 2 aromatic heterocycles. The molecule has 0 unspecified atom stereocenters. The van der Waals surface area contributed by atoms with Crippen molar-refractivity contribution in [3.63, 3.8) is 0 Å². The van der Waals surface area contributed by atoms with Gasteiger partial charge in [-0.3, -0.25) is 10.1 Å². The second-order valence-electron chi connectivity index (χ2n) is 3.94. The van der Waals surface area contributed by atoms with Gasteiger partial charge in [-0.25, -0.2) is 0 Å². The van der Waals surface area contributed by atoms with Gasteiger partial charge in [-0.1, -0.05) is 34.4 Å². The molecule has 0 atom stereocenters. The lowest BCUT2D eigenvalue weighted by Gasteiger charge is -1.97. The van der Waals surface area contributed by atoms with E-state index in [0.29, 0.717) is 14.9 Å². The number of amides is 1. The summed E-state index contributed by atoms with van der Waals surface area (Å²) < 4.78 is 0.847. The predicted molar refractivity (Wildman–Crippen MR) is 78.6 cm³/mol. The van der Waals surface area contributed by atoms with Crippen LogP contribution in [0.25, 0.3) is 10.1 Å². The number of carbonyl (C=O) groups is 1. The molecule has 3 rings (SSSR count). The summed E-state index contributed by atoms with van der Waals surface area (Å²) in [7, 11) is 1.61. The Bertz CT molecular complexity index is 812. The first-order chi connectivity index (χ1) is 9.54. The summed E-state index contributed by atoms with van der Waals surface area (Å²) in [6, 6.07) is 5.28. The van der Waals surface area contributed by atoms with E-state index in [-0.39, 0.29) is 11.9 Å². The predicted octanol–water partition coefficient (Wildman–Crippen LogP) is 2.98. The zero-order valence-corrected chi connectivity index (χ0v) is 12.4. The standard InChI is InChI=1S/C11H7Cl2N5OS/c1-18-16-11(15-17-18)14-10(19)9-8(13)6-3-2-5(12)4-7(6)20-9/h2-4H,1H3,(H,14,16,19). The second kappa shape index (κ2) is 5.01. The smallest absolute Gasteiger partial charge is 0.270 e. The number of tetrazole rings is 1. The van der Waals surface area contributed by atoms with Gasteiger partial charge < -0.3 is 0 Å². The van der Waals surface area contributed by atoms with Crippen LogP contribution < -0.4 is 5.32 Å². The van der Waals surface area contributed by atoms with Crippen molar-refractivity contribution < 1.29 is 4.79 Å². The molecule has 9 heteroatoms. The van der Waals surface area contributed by atoms with Crippen LogP contribution in [0.3, 0.4) is 0 Å². The number of fused-ring (bicyclic) bond motifs is 1. The van der Waals surface area contributed by atoms with E-state index in [9.17, 15) is 4.79 Å². The Hall–Kier alpha value is -1.70. The summed E-state index contributed by atoms with van der Waals surface area (Å²) in [6.07, 6.45) is 0. The van der Waals surface area contributed by atoms with E-state index in [2.05, 4.69) is 20.7 Å². The molecule has 1 aromatic carbocycles. The third-order valence-electron chi connectivity index (χ3n) is 2.53. The minimum Gasteiger partial charge on any atom is -0.287 e. The van der Waals surface area contributed by atoms with E-state index in [1.807, 2.05) is 0 Å². The minimum atomic E-state index is -0.375. The van der Waals surface area contributed by atoms with Crippen molar-refractivity contribution in [2.75, 3.05) is 5.32 Å². The first-order valence-electron chi connectivity index (χ1n) is 5.47. The van der Waals surface area contributed by atoms with Crippen molar-refractivity contribution in [3.05, 3.63) is 33.1 Å². The van der Waals surface area contributed by atoms with Crippen molar-refractivity contribution in [2.45, 2.75) is 0 Å². The molecule has 1 amide bonds. The molecule has 0 bridgehead atoms. The number of benzene rings is 1. The van der Waals surface area contributed by atoms with Crippen molar-refractivity contribution in [3.8, 4) is 0 Å². The highest BCUT2D eigenvalue weighted by molar-refractivity contribution is 7.21. The number of nitrogens with one attached hydrogen (secondary N) is 1. The van der Waals surface area contributed by atoms with E-state index in [4.69, 9.17) is 23.2 Å². The molecule has 6 nitrogen and oxygen atoms in total. The van der Waals surface area contributed by atoms with Crippen LogP contribution in [0.5, 0.6) is 0 Å². The van der Waals surface area contributed by atoms with E-state index in [0.717, 1.165) is 10.1 Å². The van der Waals surface area contributed by atoms with Gasteiger partial charge in [0.15, 0.2) is 0 Å². The molecule has 3 aromatic rings. The quantitative estimate of drug-likeness (QED) is 0.785. The highest BCUT2D eigenvalue weighted by Gasteiger charge is 2.18. The Morgan fingerprint density at radius 3 is 2.90 bits per heavy atom. The molecular weight excluding hydrogens is 321 g/mol. The zero-order chi connectivity index (χ0) is 14.3. The number of rotatable bonds is 2. The monoisotopic (exact) mass is 327 g/mol. The van der Waals surface area contributed by atoms with E-state index >= 15 is 0 Å². The second-order valence-corrected chi connectivity index (χ2v) is 5.81. The summed E-state index contributed by atoms with van der Waals surface area (Å²) in [4.78, 5) is 13.8. The average Bonchev–Trinajstić information content (AvgIpc) is 2.94. The zero-order valence-electron chi connectivity index (χ0n) is 10.1. The van der Waals surface area contributed by atoms with Crippen LogP contribution in [0.4, 0.5) is 5.95 Å². The van der Waals surface area contributed by atoms with Crippen molar-refractivity contribution in [1.29, 1.82) is 0 Å². The summed E-state index contributed by atoms with van der Waals surface area (Å²) >= 11 is 13.4. The fourth-order valence-corrected chi connectivity index (χ4v) is 3.37. The topological polar surface area (TPSA) is 72.7 Å². The molecule has 0 radical (unpaired) electrons. The van der Waals surface area contributed by atoms with Crippen LogP contribution >= 0.6 is 34.5 Å². The van der Waals surface area contributed by atoms with Crippen LogP contribution in [-0.4, -0.2) is 26.1 Å². The molecule has 0 aliphatic heterocycles. The third-order valence-corrected chi connectivity index (χ3v) is 4.42. The van der Waals surface area contributed by atoms with Gasteiger partial charge in [0.05, 0.1) is 12.1 Å². The number of aryl methyl sites for hydroxylation is 1. The molecule has 0 fully saturated rings. The largest absolute Gasteiger partial charge is 0.287 e. The first-order valence-corrected chi connectivity index (χ1v) is 7.05. The normalized spacial score (nSPS) is 10.9. The number of anilines is 1. The molecule has 0 aliphatic rings. The molecule has 0 saturated carbocycles. The van der Waals surface area contributed by atoms with Gasteiger partial charge in [-0.05, 0) is 17.3 Å². The Kier molecular flexibility index (Phi) is 3.33. The Balaban J connectivity index is 1.97. The summed E-state index contributed by atoms with van der Waals surface area (Å²) in [5, 5.41) is 15.5. The average molecular weight is 328 g/mol. The lowest BCUT2D eigenvalue weighted by atomic mass is 10.2. The number of halogens is 2. The van der Waals surface area contributed by atoms with Crippen molar-refractivity contribution >= 4 is 56.5 Å². The molecule has 102 valence electrons. The van der Waals surface area contributed by atoms with Crippen LogP contribution in [-0.2, 0) is 7.05 Å².